The van der Waals surface area contributed by atoms with Gasteiger partial charge in [0.1, 0.15) is 0 Å². The second-order valence-electron chi connectivity index (χ2n) is 14.7. The fraction of sp³-hybridized carbons (Fsp3) is 0.652. The SMILES string of the molecule is CCCCCCC1=C(c2cc(CCCCC)c(CCCCC)c(CCCCC)c2)[N+](=[N-])C(c2cc(CCC)c(CCC)c(CCC)c2)=C1. The lowest BCUT2D eigenvalue weighted by atomic mass is 9.87. The standard InChI is InChI=1S/C46H72N2/c1-8-15-19-23-29-40-35-45(41-31-36(24-12-5)43(26-14-7)37(32-41)25-13-6)48(47)46(40)42-33-38(27-20-16-9-2)44(30-22-18-11-4)39(34-42)28-21-17-10-3/h31-35H,8-30H2,1-7H3. The minimum absolute atomic E-state index is 0.973. The van der Waals surface area contributed by atoms with Crippen LogP contribution in [0.15, 0.2) is 35.9 Å². The molecule has 0 saturated heterocycles. The minimum atomic E-state index is 0.973. The molecule has 0 unspecified atom stereocenters. The topological polar surface area (TPSA) is 25.3 Å². The van der Waals surface area contributed by atoms with Crippen molar-refractivity contribution < 1.29 is 4.70 Å². The van der Waals surface area contributed by atoms with E-state index in [2.05, 4.69) is 78.8 Å². The molecule has 2 heteroatoms. The number of unbranched alkanes of at least 4 members (excludes halogenated alkanes) is 9. The van der Waals surface area contributed by atoms with Crippen molar-refractivity contribution in [2.24, 2.45) is 0 Å². The van der Waals surface area contributed by atoms with Crippen molar-refractivity contribution in [1.29, 1.82) is 0 Å². The van der Waals surface area contributed by atoms with Crippen LogP contribution in [0.5, 0.6) is 0 Å². The molecule has 2 aromatic carbocycles. The van der Waals surface area contributed by atoms with Crippen LogP contribution in [0.1, 0.15) is 202 Å². The largest absolute Gasteiger partial charge is 0.493 e. The average molecular weight is 653 g/mol. The Labute approximate surface area is 297 Å². The Kier molecular flexibility index (Phi) is 18.5. The lowest BCUT2D eigenvalue weighted by molar-refractivity contribution is -0.344. The fourth-order valence-corrected chi connectivity index (χ4v) is 7.88. The summed E-state index contributed by atoms with van der Waals surface area (Å²) in [4.78, 5) is 0. The van der Waals surface area contributed by atoms with Crippen molar-refractivity contribution in [3.05, 3.63) is 86.0 Å². The molecule has 0 N–H and O–H groups in total. The Morgan fingerprint density at radius 1 is 0.417 bits per heavy atom. The first-order valence-corrected chi connectivity index (χ1v) is 20.7. The number of hydrogen-bond donors (Lipinski definition) is 0. The van der Waals surface area contributed by atoms with Crippen LogP contribution >= 0.6 is 0 Å². The summed E-state index contributed by atoms with van der Waals surface area (Å²) in [6.45, 7) is 16.1. The number of benzene rings is 2. The van der Waals surface area contributed by atoms with Crippen LogP contribution in [-0.2, 0) is 38.5 Å². The Morgan fingerprint density at radius 3 is 1.33 bits per heavy atom. The number of aryl methyl sites for hydroxylation is 4. The molecule has 3 rings (SSSR count). The van der Waals surface area contributed by atoms with E-state index in [9.17, 15) is 5.53 Å². The molecule has 0 amide bonds. The number of hydrogen-bond acceptors (Lipinski definition) is 0. The van der Waals surface area contributed by atoms with Crippen LogP contribution < -0.4 is 0 Å². The van der Waals surface area contributed by atoms with E-state index in [0.717, 1.165) is 62.8 Å². The molecule has 0 aliphatic carbocycles. The van der Waals surface area contributed by atoms with E-state index < -0.39 is 0 Å². The summed E-state index contributed by atoms with van der Waals surface area (Å²) in [6.07, 6.45) is 30.0. The molecule has 1 heterocycles. The van der Waals surface area contributed by atoms with Gasteiger partial charge < -0.3 is 5.53 Å². The molecule has 0 fully saturated rings. The highest BCUT2D eigenvalue weighted by Gasteiger charge is 2.30. The molecule has 2 aromatic rings. The summed E-state index contributed by atoms with van der Waals surface area (Å²) in [6, 6.07) is 9.83. The third-order valence-electron chi connectivity index (χ3n) is 10.5. The number of rotatable bonds is 25. The Balaban J connectivity index is 2.18. The van der Waals surface area contributed by atoms with Crippen LogP contribution in [0.3, 0.4) is 0 Å². The highest BCUT2D eigenvalue weighted by molar-refractivity contribution is 5.79. The van der Waals surface area contributed by atoms with Gasteiger partial charge in [-0.1, -0.05) is 126 Å². The average Bonchev–Trinajstić information content (AvgIpc) is 3.41. The van der Waals surface area contributed by atoms with Gasteiger partial charge in [-0.2, -0.15) is 0 Å². The van der Waals surface area contributed by atoms with Gasteiger partial charge in [0.2, 0.25) is 11.4 Å². The molecule has 48 heavy (non-hydrogen) atoms. The molecule has 0 radical (unpaired) electrons. The van der Waals surface area contributed by atoms with E-state index in [4.69, 9.17) is 0 Å². The molecule has 0 spiro atoms. The Hall–Kier alpha value is -2.48. The third-order valence-corrected chi connectivity index (χ3v) is 10.5. The van der Waals surface area contributed by atoms with Gasteiger partial charge in [0.25, 0.3) is 0 Å². The monoisotopic (exact) mass is 653 g/mol. The molecule has 0 saturated carbocycles. The molecule has 266 valence electrons. The van der Waals surface area contributed by atoms with E-state index in [1.165, 1.54) is 124 Å². The molecule has 2 nitrogen and oxygen atoms in total. The summed E-state index contributed by atoms with van der Waals surface area (Å²) < 4.78 is 1.60. The van der Waals surface area contributed by atoms with Gasteiger partial charge in [-0.25, -0.2) is 4.70 Å². The second-order valence-corrected chi connectivity index (χ2v) is 14.7. The van der Waals surface area contributed by atoms with Gasteiger partial charge in [0.05, 0.1) is 0 Å². The van der Waals surface area contributed by atoms with E-state index in [0.29, 0.717) is 0 Å². The summed E-state index contributed by atoms with van der Waals surface area (Å²) in [7, 11) is 0. The summed E-state index contributed by atoms with van der Waals surface area (Å²) in [5.74, 6) is 0. The first-order chi connectivity index (χ1) is 23.5. The summed E-state index contributed by atoms with van der Waals surface area (Å²) >= 11 is 0. The van der Waals surface area contributed by atoms with Crippen LogP contribution in [0, 0.1) is 0 Å². The fourth-order valence-electron chi connectivity index (χ4n) is 7.88. The van der Waals surface area contributed by atoms with Gasteiger partial charge in [0.15, 0.2) is 0 Å². The van der Waals surface area contributed by atoms with Crippen LogP contribution in [0.4, 0.5) is 0 Å². The molecular weight excluding hydrogens is 581 g/mol. The molecule has 0 bridgehead atoms. The zero-order valence-corrected chi connectivity index (χ0v) is 32.5. The predicted octanol–water partition coefficient (Wildman–Crippen LogP) is 14.5. The van der Waals surface area contributed by atoms with Gasteiger partial charge in [-0.3, -0.25) is 0 Å². The smallest absolute Gasteiger partial charge is 0.210 e. The highest BCUT2D eigenvalue weighted by Crippen LogP contribution is 2.40. The minimum Gasteiger partial charge on any atom is -0.493 e. The molecule has 0 aromatic heterocycles. The van der Waals surface area contributed by atoms with Crippen LogP contribution in [0.25, 0.3) is 16.9 Å². The number of allylic oxidation sites excluding steroid dienone is 2. The molecule has 1 aliphatic rings. The highest BCUT2D eigenvalue weighted by atomic mass is 15.2. The molecule has 0 atom stereocenters. The predicted molar refractivity (Wildman–Crippen MR) is 212 cm³/mol. The zero-order chi connectivity index (χ0) is 34.7. The van der Waals surface area contributed by atoms with E-state index in [1.54, 1.807) is 27.0 Å². The van der Waals surface area contributed by atoms with Crippen molar-refractivity contribution in [2.75, 3.05) is 0 Å². The third kappa shape index (κ3) is 11.3. The van der Waals surface area contributed by atoms with Gasteiger partial charge in [-0.15, -0.1) is 0 Å². The van der Waals surface area contributed by atoms with Crippen molar-refractivity contribution >= 4 is 11.4 Å². The Bertz CT molecular complexity index is 1280. The van der Waals surface area contributed by atoms with E-state index in [1.807, 2.05) is 0 Å². The Morgan fingerprint density at radius 2 is 0.833 bits per heavy atom. The summed E-state index contributed by atoms with van der Waals surface area (Å²) in [5, 5.41) is 0. The lowest BCUT2D eigenvalue weighted by Crippen LogP contribution is -2.09. The van der Waals surface area contributed by atoms with Crippen molar-refractivity contribution in [2.45, 2.75) is 196 Å². The van der Waals surface area contributed by atoms with Crippen LogP contribution in [0.2, 0.25) is 0 Å². The summed E-state index contributed by atoms with van der Waals surface area (Å²) in [5.41, 5.74) is 27.3. The van der Waals surface area contributed by atoms with E-state index in [-0.39, 0.29) is 0 Å². The maximum Gasteiger partial charge on any atom is 0.210 e. The second kappa shape index (κ2) is 22.3. The first-order valence-electron chi connectivity index (χ1n) is 20.7. The lowest BCUT2D eigenvalue weighted by Gasteiger charge is -2.20. The maximum absolute atomic E-state index is 12.3. The first kappa shape index (κ1) is 40.0. The number of nitrogens with zero attached hydrogens (tertiary/aromatic N) is 2. The van der Waals surface area contributed by atoms with Crippen molar-refractivity contribution in [3.63, 3.8) is 0 Å². The normalized spacial score (nSPS) is 13.2. The van der Waals surface area contributed by atoms with Gasteiger partial charge >= 0.3 is 0 Å². The molecule has 1 aliphatic heterocycles. The van der Waals surface area contributed by atoms with Gasteiger partial charge in [0, 0.05) is 22.8 Å². The maximum atomic E-state index is 12.3. The van der Waals surface area contributed by atoms with E-state index >= 15 is 0 Å². The molecular formula is C46H72N2. The van der Waals surface area contributed by atoms with Crippen molar-refractivity contribution in [3.8, 4) is 0 Å². The van der Waals surface area contributed by atoms with Crippen LogP contribution in [-0.4, -0.2) is 4.70 Å². The zero-order valence-electron chi connectivity index (χ0n) is 32.5. The van der Waals surface area contributed by atoms with Gasteiger partial charge in [-0.05, 0) is 128 Å². The quantitative estimate of drug-likeness (QED) is 0.0753. The van der Waals surface area contributed by atoms with Crippen molar-refractivity contribution in [1.82, 2.24) is 0 Å².